The molecule has 0 saturated heterocycles. The Hall–Kier alpha value is -2.88. The van der Waals surface area contributed by atoms with Crippen molar-refractivity contribution in [1.82, 2.24) is 0 Å². The summed E-state index contributed by atoms with van der Waals surface area (Å²) in [7, 11) is 0. The van der Waals surface area contributed by atoms with Crippen molar-refractivity contribution in [3.8, 4) is 11.5 Å². The van der Waals surface area contributed by atoms with Gasteiger partial charge in [0.25, 0.3) is 0 Å². The van der Waals surface area contributed by atoms with E-state index in [1.54, 1.807) is 6.92 Å². The van der Waals surface area contributed by atoms with Crippen LogP contribution in [0.4, 0.5) is 0 Å². The van der Waals surface area contributed by atoms with Crippen molar-refractivity contribution in [2.75, 3.05) is 0 Å². The summed E-state index contributed by atoms with van der Waals surface area (Å²) in [5.74, 6) is 0.919. The van der Waals surface area contributed by atoms with E-state index < -0.39 is 11.9 Å². The van der Waals surface area contributed by atoms with Crippen molar-refractivity contribution in [2.45, 2.75) is 38.0 Å². The Balaban J connectivity index is 2.01. The Bertz CT molecular complexity index is 970. The molecule has 0 N–H and O–H groups in total. The van der Waals surface area contributed by atoms with Crippen molar-refractivity contribution < 1.29 is 19.1 Å². The van der Waals surface area contributed by atoms with Gasteiger partial charge >= 0.3 is 11.9 Å². The lowest BCUT2D eigenvalue weighted by Crippen LogP contribution is -2.14. The zero-order valence-electron chi connectivity index (χ0n) is 14.7. The second kappa shape index (κ2) is 6.13. The fourth-order valence-corrected chi connectivity index (χ4v) is 4.27. The largest absolute Gasteiger partial charge is 0.422 e. The lowest BCUT2D eigenvalue weighted by atomic mass is 9.87. The summed E-state index contributed by atoms with van der Waals surface area (Å²) in [4.78, 5) is 24.2. The van der Waals surface area contributed by atoms with Crippen LogP contribution in [0.3, 0.4) is 0 Å². The highest BCUT2D eigenvalue weighted by atomic mass is 16.5. The van der Waals surface area contributed by atoms with Crippen LogP contribution in [0.2, 0.25) is 0 Å². The van der Waals surface area contributed by atoms with Gasteiger partial charge < -0.3 is 9.47 Å². The molecule has 2 aliphatic rings. The molecule has 26 heavy (non-hydrogen) atoms. The molecule has 0 spiro atoms. The minimum Gasteiger partial charge on any atom is -0.422 e. The molecular weight excluding hydrogens is 328 g/mol. The van der Waals surface area contributed by atoms with Crippen LogP contribution in [0.25, 0.3) is 10.8 Å². The predicted molar refractivity (Wildman–Crippen MR) is 99.6 cm³/mol. The van der Waals surface area contributed by atoms with Crippen molar-refractivity contribution in [2.24, 2.45) is 0 Å². The highest BCUT2D eigenvalue weighted by Crippen LogP contribution is 2.61. The highest BCUT2D eigenvalue weighted by Gasteiger charge is 2.43. The molecule has 2 atom stereocenters. The molecule has 2 unspecified atom stereocenters. The summed E-state index contributed by atoms with van der Waals surface area (Å²) in [5, 5.41) is 1.55. The Morgan fingerprint density at radius 2 is 1.58 bits per heavy atom. The van der Waals surface area contributed by atoms with E-state index >= 15 is 0 Å². The van der Waals surface area contributed by atoms with E-state index in [1.807, 2.05) is 24.3 Å². The van der Waals surface area contributed by atoms with Gasteiger partial charge in [-0.2, -0.15) is 0 Å². The summed E-state index contributed by atoms with van der Waals surface area (Å²) in [5.41, 5.74) is 2.38. The quantitative estimate of drug-likeness (QED) is 0.453. The maximum atomic E-state index is 12.3. The third-order valence-corrected chi connectivity index (χ3v) is 5.36. The van der Waals surface area contributed by atoms with Crippen LogP contribution >= 0.6 is 0 Å². The van der Waals surface area contributed by atoms with Gasteiger partial charge in [0.05, 0.1) is 0 Å². The molecule has 0 aliphatic heterocycles. The molecule has 1 fully saturated rings. The van der Waals surface area contributed by atoms with Crippen molar-refractivity contribution in [3.05, 3.63) is 60.2 Å². The van der Waals surface area contributed by atoms with Gasteiger partial charge in [0.1, 0.15) is 11.5 Å². The van der Waals surface area contributed by atoms with E-state index in [1.165, 1.54) is 6.08 Å². The molecule has 0 aromatic heterocycles. The lowest BCUT2D eigenvalue weighted by molar-refractivity contribution is -0.130. The number of carbonyl (C=O) groups excluding carboxylic acids is 2. The average molecular weight is 348 g/mol. The van der Waals surface area contributed by atoms with E-state index in [4.69, 9.17) is 9.47 Å². The Morgan fingerprint density at radius 1 is 1.04 bits per heavy atom. The summed E-state index contributed by atoms with van der Waals surface area (Å²) in [6, 6.07) is 7.57. The molecule has 0 amide bonds. The van der Waals surface area contributed by atoms with Gasteiger partial charge in [0.2, 0.25) is 0 Å². The van der Waals surface area contributed by atoms with Crippen molar-refractivity contribution in [3.63, 3.8) is 0 Å². The highest BCUT2D eigenvalue weighted by molar-refractivity contribution is 6.01. The first-order valence-corrected chi connectivity index (χ1v) is 8.81. The van der Waals surface area contributed by atoms with Crippen LogP contribution in [-0.2, 0) is 9.59 Å². The number of hydrogen-bond acceptors (Lipinski definition) is 4. The van der Waals surface area contributed by atoms with Gasteiger partial charge in [-0.05, 0) is 38.0 Å². The molecule has 0 heterocycles. The zero-order valence-corrected chi connectivity index (χ0v) is 14.7. The van der Waals surface area contributed by atoms with Crippen LogP contribution in [0, 0.1) is 0 Å². The molecule has 4 nitrogen and oxygen atoms in total. The molecule has 2 aromatic rings. The second-order valence-corrected chi connectivity index (χ2v) is 7.03. The van der Waals surface area contributed by atoms with E-state index in [9.17, 15) is 9.59 Å². The molecule has 4 heteroatoms. The topological polar surface area (TPSA) is 52.6 Å². The first kappa shape index (κ1) is 16.6. The molecule has 4 rings (SSSR count). The van der Waals surface area contributed by atoms with Crippen LogP contribution < -0.4 is 9.47 Å². The van der Waals surface area contributed by atoms with Crippen LogP contribution in [0.5, 0.6) is 11.5 Å². The Morgan fingerprint density at radius 3 is 2.08 bits per heavy atom. The van der Waals surface area contributed by atoms with Crippen LogP contribution in [0.1, 0.15) is 49.1 Å². The summed E-state index contributed by atoms with van der Waals surface area (Å²) >= 11 is 0. The van der Waals surface area contributed by atoms with Gasteiger partial charge in [-0.15, -0.1) is 0 Å². The Kier molecular flexibility index (Phi) is 3.91. The number of benzene rings is 2. The first-order valence-electron chi connectivity index (χ1n) is 8.81. The van der Waals surface area contributed by atoms with Crippen LogP contribution in [-0.4, -0.2) is 11.9 Å². The van der Waals surface area contributed by atoms with Gasteiger partial charge in [-0.25, -0.2) is 9.59 Å². The minimum absolute atomic E-state index is 0.328. The minimum atomic E-state index is -0.480. The smallest absolute Gasteiger partial charge is 0.338 e. The summed E-state index contributed by atoms with van der Waals surface area (Å²) < 4.78 is 11.4. The molecule has 2 bridgehead atoms. The summed E-state index contributed by atoms with van der Waals surface area (Å²) in [6.45, 7) is 8.82. The van der Waals surface area contributed by atoms with Gasteiger partial charge in [-0.1, -0.05) is 37.4 Å². The number of carbonyl (C=O) groups is 2. The van der Waals surface area contributed by atoms with Gasteiger partial charge in [-0.3, -0.25) is 0 Å². The number of rotatable bonds is 4. The van der Waals surface area contributed by atoms with Gasteiger partial charge in [0, 0.05) is 33.5 Å². The van der Waals surface area contributed by atoms with Crippen LogP contribution in [0.15, 0.2) is 49.1 Å². The van der Waals surface area contributed by atoms with Gasteiger partial charge in [0.15, 0.2) is 0 Å². The number of fused-ring (bicyclic) bond motifs is 6. The SMILES string of the molecule is C=CC(=O)Oc1c2c(c(OC(=O)C(=C)C)c3ccccc13)C1CCC2C1. The van der Waals surface area contributed by atoms with E-state index in [-0.39, 0.29) is 0 Å². The second-order valence-electron chi connectivity index (χ2n) is 7.03. The van der Waals surface area contributed by atoms with Crippen molar-refractivity contribution in [1.29, 1.82) is 0 Å². The maximum Gasteiger partial charge on any atom is 0.338 e. The monoisotopic (exact) mass is 348 g/mol. The molecule has 0 radical (unpaired) electrons. The summed E-state index contributed by atoms with van der Waals surface area (Å²) in [6.07, 6.45) is 4.29. The average Bonchev–Trinajstić information content (AvgIpc) is 3.25. The molecular formula is C22H20O4. The normalized spacial score (nSPS) is 19.9. The fraction of sp³-hybridized carbons (Fsp3) is 0.273. The number of hydrogen-bond donors (Lipinski definition) is 0. The number of ether oxygens (including phenoxy) is 2. The van der Waals surface area contributed by atoms with E-state index in [2.05, 4.69) is 13.2 Å². The Labute approximate surface area is 152 Å². The molecule has 132 valence electrons. The first-order chi connectivity index (χ1) is 12.5. The molecule has 2 aromatic carbocycles. The standard InChI is InChI=1S/C22H20O4/c1-4-17(23)25-20-15-7-5-6-8-16(15)21(26-22(24)12(2)3)19-14-10-9-13(11-14)18(19)20/h4-8,13-14H,1-2,9-11H2,3H3. The molecule has 1 saturated carbocycles. The third kappa shape index (κ3) is 2.45. The fourth-order valence-electron chi connectivity index (χ4n) is 4.27. The van der Waals surface area contributed by atoms with E-state index in [0.717, 1.165) is 41.2 Å². The molecule has 2 aliphatic carbocycles. The van der Waals surface area contributed by atoms with E-state index in [0.29, 0.717) is 28.9 Å². The maximum absolute atomic E-state index is 12.3. The van der Waals surface area contributed by atoms with Crippen molar-refractivity contribution >= 4 is 22.7 Å². The lowest BCUT2D eigenvalue weighted by Gasteiger charge is -2.24. The zero-order chi connectivity index (χ0) is 18.4. The third-order valence-electron chi connectivity index (χ3n) is 5.36. The predicted octanol–water partition coefficient (Wildman–Crippen LogP) is 4.78. The number of esters is 2.